The highest BCUT2D eigenvalue weighted by molar-refractivity contribution is 6.32. The number of rotatable bonds is 7. The van der Waals surface area contributed by atoms with Gasteiger partial charge < -0.3 is 14.8 Å². The minimum absolute atomic E-state index is 0.0885. The molecule has 2 aromatic carbocycles. The van der Waals surface area contributed by atoms with Crippen LogP contribution in [0.3, 0.4) is 0 Å². The summed E-state index contributed by atoms with van der Waals surface area (Å²) in [6, 6.07) is 13.0. The second-order valence-electron chi connectivity index (χ2n) is 5.89. The van der Waals surface area contributed by atoms with Crippen molar-refractivity contribution in [2.45, 2.75) is 39.3 Å². The van der Waals surface area contributed by atoms with E-state index in [1.54, 1.807) is 26.2 Å². The number of halogens is 1. The molecular formula is C20H24ClNO3. The first-order chi connectivity index (χ1) is 12.0. The van der Waals surface area contributed by atoms with Crippen LogP contribution in [0.4, 0.5) is 0 Å². The van der Waals surface area contributed by atoms with Gasteiger partial charge in [-0.15, -0.1) is 0 Å². The molecule has 25 heavy (non-hydrogen) atoms. The monoisotopic (exact) mass is 361 g/mol. The van der Waals surface area contributed by atoms with Gasteiger partial charge in [0.05, 0.1) is 18.2 Å². The molecule has 2 atom stereocenters. The molecule has 0 spiro atoms. The Morgan fingerprint density at radius 3 is 2.52 bits per heavy atom. The molecule has 0 fully saturated rings. The highest BCUT2D eigenvalue weighted by atomic mass is 35.5. The lowest BCUT2D eigenvalue weighted by molar-refractivity contribution is -0.128. The van der Waals surface area contributed by atoms with Gasteiger partial charge >= 0.3 is 0 Å². The van der Waals surface area contributed by atoms with Gasteiger partial charge in [0.25, 0.3) is 5.91 Å². The maximum atomic E-state index is 12.5. The van der Waals surface area contributed by atoms with E-state index in [0.717, 1.165) is 23.3 Å². The first-order valence-electron chi connectivity index (χ1n) is 8.32. The number of hydrogen-bond acceptors (Lipinski definition) is 3. The van der Waals surface area contributed by atoms with Gasteiger partial charge in [-0.1, -0.05) is 42.8 Å². The molecule has 0 aliphatic carbocycles. The van der Waals surface area contributed by atoms with E-state index < -0.39 is 6.10 Å². The SMILES string of the molecule is CC[C@@H](NC(=O)[C@@H](C)Oc1ccccc1Cl)c1ccc(OC)c(C)c1. The Hall–Kier alpha value is -2.20. The van der Waals surface area contributed by atoms with E-state index in [1.807, 2.05) is 44.2 Å². The number of methoxy groups -OCH3 is 1. The van der Waals surface area contributed by atoms with E-state index in [2.05, 4.69) is 5.32 Å². The van der Waals surface area contributed by atoms with E-state index in [9.17, 15) is 4.79 Å². The van der Waals surface area contributed by atoms with Crippen molar-refractivity contribution in [1.29, 1.82) is 0 Å². The van der Waals surface area contributed by atoms with Gasteiger partial charge in [-0.2, -0.15) is 0 Å². The van der Waals surface area contributed by atoms with Gasteiger partial charge in [0.2, 0.25) is 0 Å². The van der Waals surface area contributed by atoms with Gasteiger partial charge in [0.15, 0.2) is 6.10 Å². The Morgan fingerprint density at radius 2 is 1.92 bits per heavy atom. The Labute approximate surface area is 154 Å². The van der Waals surface area contributed by atoms with Crippen molar-refractivity contribution in [3.63, 3.8) is 0 Å². The fourth-order valence-corrected chi connectivity index (χ4v) is 2.79. The lowest BCUT2D eigenvalue weighted by atomic mass is 10.0. The number of amides is 1. The van der Waals surface area contributed by atoms with Gasteiger partial charge in [0.1, 0.15) is 11.5 Å². The molecular weight excluding hydrogens is 338 g/mol. The number of aryl methyl sites for hydroxylation is 1. The maximum Gasteiger partial charge on any atom is 0.261 e. The largest absolute Gasteiger partial charge is 0.496 e. The summed E-state index contributed by atoms with van der Waals surface area (Å²) in [5, 5.41) is 3.53. The van der Waals surface area contributed by atoms with Crippen LogP contribution in [0.25, 0.3) is 0 Å². The number of para-hydroxylation sites is 1. The normalized spacial score (nSPS) is 13.0. The summed E-state index contributed by atoms with van der Waals surface area (Å²) in [5.41, 5.74) is 2.08. The number of carbonyl (C=O) groups is 1. The molecule has 0 saturated carbocycles. The number of nitrogens with one attached hydrogen (secondary N) is 1. The van der Waals surface area contributed by atoms with E-state index in [-0.39, 0.29) is 11.9 Å². The molecule has 1 N–H and O–H groups in total. The third-order valence-corrected chi connectivity index (χ3v) is 4.37. The maximum absolute atomic E-state index is 12.5. The van der Waals surface area contributed by atoms with Crippen molar-refractivity contribution >= 4 is 17.5 Å². The van der Waals surface area contributed by atoms with Crippen molar-refractivity contribution < 1.29 is 14.3 Å². The molecule has 134 valence electrons. The fraction of sp³-hybridized carbons (Fsp3) is 0.350. The highest BCUT2D eigenvalue weighted by Crippen LogP contribution is 2.26. The van der Waals surface area contributed by atoms with Crippen molar-refractivity contribution in [1.82, 2.24) is 5.32 Å². The molecule has 0 radical (unpaired) electrons. The van der Waals surface area contributed by atoms with E-state index in [1.165, 1.54) is 0 Å². The summed E-state index contributed by atoms with van der Waals surface area (Å²) in [5.74, 6) is 1.15. The molecule has 5 heteroatoms. The van der Waals surface area contributed by atoms with Crippen molar-refractivity contribution in [3.05, 3.63) is 58.6 Å². The van der Waals surface area contributed by atoms with Crippen molar-refractivity contribution in [2.75, 3.05) is 7.11 Å². The molecule has 0 unspecified atom stereocenters. The van der Waals surface area contributed by atoms with Gasteiger partial charge in [-0.3, -0.25) is 4.79 Å². The van der Waals surface area contributed by atoms with Crippen LogP contribution in [-0.4, -0.2) is 19.1 Å². The van der Waals surface area contributed by atoms with E-state index in [0.29, 0.717) is 10.8 Å². The summed E-state index contributed by atoms with van der Waals surface area (Å²) >= 11 is 6.08. The Kier molecular flexibility index (Phi) is 6.71. The Bertz CT molecular complexity index is 733. The Morgan fingerprint density at radius 1 is 1.20 bits per heavy atom. The molecule has 0 aromatic heterocycles. The quantitative estimate of drug-likeness (QED) is 0.778. The lowest BCUT2D eigenvalue weighted by Gasteiger charge is -2.22. The number of carbonyl (C=O) groups excluding carboxylic acids is 1. The molecule has 0 aliphatic heterocycles. The van der Waals surface area contributed by atoms with Crippen LogP contribution in [0.15, 0.2) is 42.5 Å². The van der Waals surface area contributed by atoms with Gasteiger partial charge in [0, 0.05) is 0 Å². The minimum atomic E-state index is -0.645. The van der Waals surface area contributed by atoms with Crippen molar-refractivity contribution in [2.24, 2.45) is 0 Å². The minimum Gasteiger partial charge on any atom is -0.496 e. The predicted octanol–water partition coefficient (Wildman–Crippen LogP) is 4.69. The molecule has 2 aromatic rings. The summed E-state index contributed by atoms with van der Waals surface area (Å²) in [6.45, 7) is 5.73. The second kappa shape index (κ2) is 8.77. The molecule has 0 aliphatic rings. The molecule has 0 saturated heterocycles. The van der Waals surface area contributed by atoms with Crippen molar-refractivity contribution in [3.8, 4) is 11.5 Å². The smallest absolute Gasteiger partial charge is 0.261 e. The van der Waals surface area contributed by atoms with Gasteiger partial charge in [-0.05, 0) is 49.6 Å². The fourth-order valence-electron chi connectivity index (χ4n) is 2.61. The topological polar surface area (TPSA) is 47.6 Å². The first kappa shape index (κ1) is 19.1. The summed E-state index contributed by atoms with van der Waals surface area (Å²) < 4.78 is 11.0. The van der Waals surface area contributed by atoms with Crippen LogP contribution >= 0.6 is 11.6 Å². The molecule has 4 nitrogen and oxygen atoms in total. The van der Waals surface area contributed by atoms with Crippen LogP contribution in [0, 0.1) is 6.92 Å². The molecule has 0 bridgehead atoms. The zero-order valence-corrected chi connectivity index (χ0v) is 15.8. The number of benzene rings is 2. The lowest BCUT2D eigenvalue weighted by Crippen LogP contribution is -2.38. The van der Waals surface area contributed by atoms with Crippen LogP contribution in [0.1, 0.15) is 37.4 Å². The third kappa shape index (κ3) is 4.89. The summed E-state index contributed by atoms with van der Waals surface area (Å²) in [4.78, 5) is 12.5. The highest BCUT2D eigenvalue weighted by Gasteiger charge is 2.20. The molecule has 2 rings (SSSR count). The van der Waals surface area contributed by atoms with Crippen LogP contribution in [0.5, 0.6) is 11.5 Å². The van der Waals surface area contributed by atoms with Crippen LogP contribution < -0.4 is 14.8 Å². The first-order valence-corrected chi connectivity index (χ1v) is 8.70. The third-order valence-electron chi connectivity index (χ3n) is 4.06. The standard InChI is InChI=1S/C20H24ClNO3/c1-5-17(15-10-11-18(24-4)13(2)12-15)22-20(23)14(3)25-19-9-7-6-8-16(19)21/h6-12,14,17H,5H2,1-4H3,(H,22,23)/t14-,17-/m1/s1. The van der Waals surface area contributed by atoms with E-state index in [4.69, 9.17) is 21.1 Å². The predicted molar refractivity (Wildman–Crippen MR) is 100 cm³/mol. The summed E-state index contributed by atoms with van der Waals surface area (Å²) in [7, 11) is 1.65. The van der Waals surface area contributed by atoms with Crippen LogP contribution in [0.2, 0.25) is 5.02 Å². The zero-order chi connectivity index (χ0) is 18.4. The van der Waals surface area contributed by atoms with Gasteiger partial charge in [-0.25, -0.2) is 0 Å². The zero-order valence-electron chi connectivity index (χ0n) is 15.0. The van der Waals surface area contributed by atoms with E-state index >= 15 is 0 Å². The molecule has 1 amide bonds. The van der Waals surface area contributed by atoms with Crippen LogP contribution in [-0.2, 0) is 4.79 Å². The number of hydrogen-bond donors (Lipinski definition) is 1. The Balaban J connectivity index is 2.06. The molecule has 0 heterocycles. The second-order valence-corrected chi connectivity index (χ2v) is 6.30. The number of ether oxygens (including phenoxy) is 2. The average Bonchev–Trinajstić information content (AvgIpc) is 2.61. The summed E-state index contributed by atoms with van der Waals surface area (Å²) in [6.07, 6.45) is 0.129. The average molecular weight is 362 g/mol.